The number of nitrogens with zero attached hydrogens (tertiary/aromatic N) is 3. The minimum Gasteiger partial charge on any atom is -0.370 e. The maximum absolute atomic E-state index is 12.9. The van der Waals surface area contributed by atoms with Crippen LogP contribution in [-0.2, 0) is 6.42 Å². The lowest BCUT2D eigenvalue weighted by atomic mass is 10.0. The molecule has 5 heteroatoms. The summed E-state index contributed by atoms with van der Waals surface area (Å²) in [7, 11) is 0. The molecule has 0 aliphatic carbocycles. The third kappa shape index (κ3) is 4.41. The summed E-state index contributed by atoms with van der Waals surface area (Å²) in [5, 5.41) is 3.33. The van der Waals surface area contributed by atoms with Gasteiger partial charge in [-0.2, -0.15) is 0 Å². The van der Waals surface area contributed by atoms with Crippen molar-refractivity contribution in [3.8, 4) is 0 Å². The quantitative estimate of drug-likeness (QED) is 0.917. The van der Waals surface area contributed by atoms with Gasteiger partial charge in [-0.15, -0.1) is 0 Å². The highest BCUT2D eigenvalue weighted by atomic mass is 19.1. The molecular formula is C18H23FN4. The van der Waals surface area contributed by atoms with Crippen LogP contribution >= 0.6 is 0 Å². The van der Waals surface area contributed by atoms with Crippen LogP contribution < -0.4 is 10.2 Å². The van der Waals surface area contributed by atoms with Gasteiger partial charge in [0.25, 0.3) is 0 Å². The first-order valence-corrected chi connectivity index (χ1v) is 8.26. The highest BCUT2D eigenvalue weighted by molar-refractivity contribution is 5.48. The topological polar surface area (TPSA) is 41.0 Å². The van der Waals surface area contributed by atoms with E-state index in [9.17, 15) is 4.39 Å². The lowest BCUT2D eigenvalue weighted by Crippen LogP contribution is -2.34. The van der Waals surface area contributed by atoms with E-state index in [0.717, 1.165) is 43.3 Å². The highest BCUT2D eigenvalue weighted by Crippen LogP contribution is 2.22. The minimum absolute atomic E-state index is 0.196. The Labute approximate surface area is 136 Å². The predicted octanol–water partition coefficient (Wildman–Crippen LogP) is 3.51. The maximum Gasteiger partial charge on any atom is 0.134 e. The summed E-state index contributed by atoms with van der Waals surface area (Å²) in [4.78, 5) is 11.0. The first-order chi connectivity index (χ1) is 11.2. The van der Waals surface area contributed by atoms with Crippen molar-refractivity contribution >= 4 is 11.6 Å². The van der Waals surface area contributed by atoms with E-state index in [4.69, 9.17) is 0 Å². The Morgan fingerprint density at radius 2 is 2.09 bits per heavy atom. The van der Waals surface area contributed by atoms with Crippen molar-refractivity contribution in [2.75, 3.05) is 29.9 Å². The minimum atomic E-state index is -0.196. The molecule has 1 aliphatic heterocycles. The van der Waals surface area contributed by atoms with Gasteiger partial charge < -0.3 is 10.2 Å². The Morgan fingerprint density at radius 1 is 1.26 bits per heavy atom. The lowest BCUT2D eigenvalue weighted by Gasteiger charge is -2.31. The molecule has 0 radical (unpaired) electrons. The third-order valence-corrected chi connectivity index (χ3v) is 4.27. The summed E-state index contributed by atoms with van der Waals surface area (Å²) in [5.41, 5.74) is 1.11. The Kier molecular flexibility index (Phi) is 5.05. The van der Waals surface area contributed by atoms with Gasteiger partial charge in [0.1, 0.15) is 23.8 Å². The number of rotatable bonds is 5. The summed E-state index contributed by atoms with van der Waals surface area (Å²) < 4.78 is 12.9. The molecule has 2 heterocycles. The van der Waals surface area contributed by atoms with Crippen molar-refractivity contribution in [2.45, 2.75) is 26.2 Å². The summed E-state index contributed by atoms with van der Waals surface area (Å²) in [6.45, 7) is 5.18. The van der Waals surface area contributed by atoms with Crippen LogP contribution in [0.2, 0.25) is 0 Å². The summed E-state index contributed by atoms with van der Waals surface area (Å²) in [6.07, 6.45) is 4.97. The van der Waals surface area contributed by atoms with Crippen LogP contribution in [0.3, 0.4) is 0 Å². The molecule has 1 unspecified atom stereocenters. The van der Waals surface area contributed by atoms with E-state index in [1.165, 1.54) is 25.0 Å². The monoisotopic (exact) mass is 314 g/mol. The molecule has 1 atom stereocenters. The first kappa shape index (κ1) is 15.7. The molecule has 0 amide bonds. The van der Waals surface area contributed by atoms with Crippen LogP contribution in [0.1, 0.15) is 25.3 Å². The summed E-state index contributed by atoms with van der Waals surface area (Å²) in [5.74, 6) is 2.36. The van der Waals surface area contributed by atoms with E-state index >= 15 is 0 Å². The number of aromatic nitrogens is 2. The van der Waals surface area contributed by atoms with Crippen molar-refractivity contribution in [2.24, 2.45) is 5.92 Å². The van der Waals surface area contributed by atoms with E-state index in [0.29, 0.717) is 5.92 Å². The van der Waals surface area contributed by atoms with Crippen LogP contribution in [0.15, 0.2) is 36.7 Å². The number of benzene rings is 1. The molecule has 2 aromatic rings. The van der Waals surface area contributed by atoms with Gasteiger partial charge in [0.05, 0.1) is 0 Å². The van der Waals surface area contributed by atoms with Crippen molar-refractivity contribution < 1.29 is 4.39 Å². The van der Waals surface area contributed by atoms with Crippen LogP contribution in [0.25, 0.3) is 0 Å². The normalized spacial score (nSPS) is 18.0. The second-order valence-corrected chi connectivity index (χ2v) is 6.26. The fraction of sp³-hybridized carbons (Fsp3) is 0.444. The SMILES string of the molecule is CC1CCCN(c2cc(NCCc3ccc(F)cc3)ncn2)C1. The predicted molar refractivity (Wildman–Crippen MR) is 91.2 cm³/mol. The van der Waals surface area contributed by atoms with Crippen molar-refractivity contribution in [1.29, 1.82) is 0 Å². The Hall–Kier alpha value is -2.17. The largest absolute Gasteiger partial charge is 0.370 e. The molecule has 0 bridgehead atoms. The van der Waals surface area contributed by atoms with Crippen LogP contribution in [0.5, 0.6) is 0 Å². The zero-order chi connectivity index (χ0) is 16.1. The van der Waals surface area contributed by atoms with Crippen molar-refractivity contribution in [1.82, 2.24) is 9.97 Å². The molecule has 1 aromatic carbocycles. The molecule has 1 N–H and O–H groups in total. The standard InChI is InChI=1S/C18H23FN4/c1-14-3-2-10-23(12-14)18-11-17(21-13-22-18)20-9-8-15-4-6-16(19)7-5-15/h4-7,11,13-14H,2-3,8-10,12H2,1H3,(H,20,21,22). The molecule has 122 valence electrons. The van der Waals surface area contributed by atoms with Gasteiger partial charge in [-0.3, -0.25) is 0 Å². The second-order valence-electron chi connectivity index (χ2n) is 6.26. The third-order valence-electron chi connectivity index (χ3n) is 4.27. The molecule has 1 aromatic heterocycles. The Morgan fingerprint density at radius 3 is 2.87 bits per heavy atom. The van der Waals surface area contributed by atoms with Crippen LogP contribution in [0, 0.1) is 11.7 Å². The summed E-state index contributed by atoms with van der Waals surface area (Å²) >= 11 is 0. The van der Waals surface area contributed by atoms with E-state index in [1.54, 1.807) is 6.33 Å². The molecular weight excluding hydrogens is 291 g/mol. The zero-order valence-corrected chi connectivity index (χ0v) is 13.5. The van der Waals surface area contributed by atoms with Crippen LogP contribution in [-0.4, -0.2) is 29.6 Å². The van der Waals surface area contributed by atoms with Gasteiger partial charge in [0, 0.05) is 25.7 Å². The Bertz CT molecular complexity index is 629. The smallest absolute Gasteiger partial charge is 0.134 e. The molecule has 1 aliphatic rings. The number of hydrogen-bond donors (Lipinski definition) is 1. The van der Waals surface area contributed by atoms with Crippen LogP contribution in [0.4, 0.5) is 16.0 Å². The maximum atomic E-state index is 12.9. The molecule has 1 saturated heterocycles. The van der Waals surface area contributed by atoms with Gasteiger partial charge in [-0.1, -0.05) is 19.1 Å². The number of halogens is 1. The fourth-order valence-corrected chi connectivity index (χ4v) is 3.00. The summed E-state index contributed by atoms with van der Waals surface area (Å²) in [6, 6.07) is 8.64. The van der Waals surface area contributed by atoms with Gasteiger partial charge in [-0.05, 0) is 42.9 Å². The van der Waals surface area contributed by atoms with E-state index < -0.39 is 0 Å². The molecule has 4 nitrogen and oxygen atoms in total. The molecule has 23 heavy (non-hydrogen) atoms. The van der Waals surface area contributed by atoms with Gasteiger partial charge in [0.2, 0.25) is 0 Å². The first-order valence-electron chi connectivity index (χ1n) is 8.26. The van der Waals surface area contributed by atoms with Crippen molar-refractivity contribution in [3.63, 3.8) is 0 Å². The fourth-order valence-electron chi connectivity index (χ4n) is 3.00. The average Bonchev–Trinajstić information content (AvgIpc) is 2.57. The number of anilines is 2. The zero-order valence-electron chi connectivity index (χ0n) is 13.5. The number of nitrogens with one attached hydrogen (secondary N) is 1. The van der Waals surface area contributed by atoms with Gasteiger partial charge in [-0.25, -0.2) is 14.4 Å². The molecule has 1 fully saturated rings. The molecule has 0 spiro atoms. The number of hydrogen-bond acceptors (Lipinski definition) is 4. The van der Waals surface area contributed by atoms with E-state index in [2.05, 4.69) is 27.1 Å². The van der Waals surface area contributed by atoms with E-state index in [1.807, 2.05) is 18.2 Å². The highest BCUT2D eigenvalue weighted by Gasteiger charge is 2.17. The average molecular weight is 314 g/mol. The van der Waals surface area contributed by atoms with Crippen molar-refractivity contribution in [3.05, 3.63) is 48.0 Å². The lowest BCUT2D eigenvalue weighted by molar-refractivity contribution is 0.444. The second kappa shape index (κ2) is 7.40. The van der Waals surface area contributed by atoms with Gasteiger partial charge in [0.15, 0.2) is 0 Å². The van der Waals surface area contributed by atoms with E-state index in [-0.39, 0.29) is 5.82 Å². The molecule has 3 rings (SSSR count). The van der Waals surface area contributed by atoms with Gasteiger partial charge >= 0.3 is 0 Å². The Balaban J connectivity index is 1.56. The number of piperidine rings is 1. The molecule has 0 saturated carbocycles.